The van der Waals surface area contributed by atoms with Gasteiger partial charge >= 0.3 is 0 Å². The number of nitrogens with zero attached hydrogens (tertiary/aromatic N) is 1. The zero-order chi connectivity index (χ0) is 13.9. The summed E-state index contributed by atoms with van der Waals surface area (Å²) in [5, 5.41) is 0. The summed E-state index contributed by atoms with van der Waals surface area (Å²) in [6, 6.07) is 1.50. The van der Waals surface area contributed by atoms with Gasteiger partial charge in [-0.05, 0) is 40.8 Å². The minimum Gasteiger partial charge on any atom is -0.480 e. The van der Waals surface area contributed by atoms with Crippen LogP contribution < -0.4 is 9.46 Å². The summed E-state index contributed by atoms with van der Waals surface area (Å²) in [5.74, 6) is 0.558. The van der Waals surface area contributed by atoms with E-state index in [9.17, 15) is 8.42 Å². The third-order valence-corrected chi connectivity index (χ3v) is 5.16. The number of methoxy groups -OCH3 is 1. The van der Waals surface area contributed by atoms with Gasteiger partial charge in [0.1, 0.15) is 4.90 Å². The molecule has 0 unspecified atom stereocenters. The predicted molar refractivity (Wildman–Crippen MR) is 75.6 cm³/mol. The number of halogens is 1. The summed E-state index contributed by atoms with van der Waals surface area (Å²) in [6.07, 6.45) is 6.07. The van der Waals surface area contributed by atoms with Crippen molar-refractivity contribution in [2.75, 3.05) is 13.7 Å². The van der Waals surface area contributed by atoms with Crippen LogP contribution in [0.2, 0.25) is 0 Å². The molecule has 106 valence electrons. The Balaban J connectivity index is 2.16. The first-order valence-electron chi connectivity index (χ1n) is 6.22. The van der Waals surface area contributed by atoms with Gasteiger partial charge in [0.2, 0.25) is 15.9 Å². The second-order valence-corrected chi connectivity index (χ2v) is 7.31. The van der Waals surface area contributed by atoms with Crippen LogP contribution in [-0.2, 0) is 10.0 Å². The van der Waals surface area contributed by atoms with E-state index in [2.05, 4.69) is 25.6 Å². The van der Waals surface area contributed by atoms with Gasteiger partial charge in [0.15, 0.2) is 0 Å². The molecule has 0 amide bonds. The zero-order valence-electron chi connectivity index (χ0n) is 10.7. The lowest BCUT2D eigenvalue weighted by molar-refractivity contribution is 0.384. The highest BCUT2D eigenvalue weighted by Crippen LogP contribution is 2.26. The molecule has 1 aliphatic rings. The lowest BCUT2D eigenvalue weighted by Gasteiger charge is -2.13. The molecule has 0 saturated heterocycles. The van der Waals surface area contributed by atoms with Crippen LogP contribution in [0.4, 0.5) is 0 Å². The Morgan fingerprint density at radius 3 is 2.79 bits per heavy atom. The Labute approximate surface area is 121 Å². The minimum atomic E-state index is -3.58. The molecule has 5 nitrogen and oxygen atoms in total. The van der Waals surface area contributed by atoms with E-state index in [0.717, 1.165) is 12.8 Å². The van der Waals surface area contributed by atoms with E-state index >= 15 is 0 Å². The van der Waals surface area contributed by atoms with Crippen molar-refractivity contribution in [3.63, 3.8) is 0 Å². The molecule has 1 heterocycles. The number of pyridine rings is 1. The fraction of sp³-hybridized carbons (Fsp3) is 0.583. The van der Waals surface area contributed by atoms with Gasteiger partial charge in [-0.1, -0.05) is 12.8 Å². The van der Waals surface area contributed by atoms with Crippen molar-refractivity contribution in [1.82, 2.24) is 9.71 Å². The highest BCUT2D eigenvalue weighted by Gasteiger charge is 2.23. The predicted octanol–water partition coefficient (Wildman–Crippen LogP) is 2.32. The van der Waals surface area contributed by atoms with Gasteiger partial charge in [-0.15, -0.1) is 0 Å². The van der Waals surface area contributed by atoms with Crippen LogP contribution in [0.3, 0.4) is 0 Å². The van der Waals surface area contributed by atoms with Gasteiger partial charge in [0.05, 0.1) is 7.11 Å². The number of aromatic nitrogens is 1. The van der Waals surface area contributed by atoms with Crippen LogP contribution in [0.1, 0.15) is 25.7 Å². The smallest absolute Gasteiger partial charge is 0.245 e. The zero-order valence-corrected chi connectivity index (χ0v) is 13.1. The van der Waals surface area contributed by atoms with E-state index in [4.69, 9.17) is 4.74 Å². The number of hydrogen-bond acceptors (Lipinski definition) is 4. The molecule has 1 aromatic rings. The van der Waals surface area contributed by atoms with E-state index in [-0.39, 0.29) is 10.8 Å². The lowest BCUT2D eigenvalue weighted by Crippen LogP contribution is -2.29. The van der Waals surface area contributed by atoms with Crippen molar-refractivity contribution in [3.05, 3.63) is 16.7 Å². The summed E-state index contributed by atoms with van der Waals surface area (Å²) >= 11 is 3.23. The Morgan fingerprint density at radius 1 is 1.47 bits per heavy atom. The Bertz CT molecular complexity index is 542. The number of nitrogens with one attached hydrogen (secondary N) is 1. The van der Waals surface area contributed by atoms with Gasteiger partial charge in [-0.25, -0.2) is 18.1 Å². The summed E-state index contributed by atoms with van der Waals surface area (Å²) in [4.78, 5) is 4.03. The molecular formula is C12H17BrN2O3S. The fourth-order valence-electron chi connectivity index (χ4n) is 2.27. The van der Waals surface area contributed by atoms with Crippen molar-refractivity contribution in [3.8, 4) is 5.88 Å². The molecule has 0 atom stereocenters. The summed E-state index contributed by atoms with van der Waals surface area (Å²) in [6.45, 7) is 0.484. The maximum Gasteiger partial charge on any atom is 0.245 e. The molecule has 1 saturated carbocycles. The quantitative estimate of drug-likeness (QED) is 0.886. The Morgan fingerprint density at radius 2 is 2.16 bits per heavy atom. The van der Waals surface area contributed by atoms with Crippen molar-refractivity contribution < 1.29 is 13.2 Å². The third-order valence-electron chi connectivity index (χ3n) is 3.30. The molecule has 1 N–H and O–H groups in total. The molecule has 7 heteroatoms. The molecule has 1 aromatic heterocycles. The summed E-state index contributed by atoms with van der Waals surface area (Å²) in [7, 11) is -2.17. The minimum absolute atomic E-state index is 0.0716. The van der Waals surface area contributed by atoms with Crippen molar-refractivity contribution in [1.29, 1.82) is 0 Å². The first kappa shape index (κ1) is 14.7. The molecule has 0 spiro atoms. The van der Waals surface area contributed by atoms with Crippen molar-refractivity contribution in [2.24, 2.45) is 5.92 Å². The van der Waals surface area contributed by atoms with Gasteiger partial charge in [0, 0.05) is 17.2 Å². The molecule has 19 heavy (non-hydrogen) atoms. The lowest BCUT2D eigenvalue weighted by atomic mass is 10.1. The van der Waals surface area contributed by atoms with Gasteiger partial charge in [0.25, 0.3) is 0 Å². The van der Waals surface area contributed by atoms with Gasteiger partial charge < -0.3 is 4.74 Å². The maximum absolute atomic E-state index is 12.3. The number of rotatable bonds is 5. The van der Waals surface area contributed by atoms with E-state index in [0.29, 0.717) is 16.9 Å². The van der Waals surface area contributed by atoms with E-state index in [1.54, 1.807) is 0 Å². The van der Waals surface area contributed by atoms with Crippen LogP contribution in [0, 0.1) is 5.92 Å². The molecule has 2 rings (SSSR count). The summed E-state index contributed by atoms with van der Waals surface area (Å²) < 4.78 is 32.8. The highest BCUT2D eigenvalue weighted by atomic mass is 79.9. The molecule has 1 aliphatic carbocycles. The molecule has 0 bridgehead atoms. The summed E-state index contributed by atoms with van der Waals surface area (Å²) in [5.41, 5.74) is 0. The SMILES string of the molecule is COc1ncc(Br)cc1S(=O)(=O)NCC1CCCC1. The Kier molecular flexibility index (Phi) is 4.81. The van der Waals surface area contributed by atoms with Crippen LogP contribution in [0.15, 0.2) is 21.6 Å². The third kappa shape index (κ3) is 3.67. The number of sulfonamides is 1. The standard InChI is InChI=1S/C12H17BrN2O3S/c1-18-12-11(6-10(13)8-14-12)19(16,17)15-7-9-4-2-3-5-9/h6,8-9,15H,2-5,7H2,1H3. The first-order valence-corrected chi connectivity index (χ1v) is 8.50. The second kappa shape index (κ2) is 6.19. The van der Waals surface area contributed by atoms with Gasteiger partial charge in [-0.3, -0.25) is 0 Å². The van der Waals surface area contributed by atoms with E-state index < -0.39 is 10.0 Å². The molecule has 1 fully saturated rings. The number of hydrogen-bond donors (Lipinski definition) is 1. The van der Waals surface area contributed by atoms with Crippen LogP contribution in [-0.4, -0.2) is 27.1 Å². The molecule has 0 aromatic carbocycles. The van der Waals surface area contributed by atoms with Crippen molar-refractivity contribution >= 4 is 26.0 Å². The molecule has 0 aliphatic heterocycles. The first-order chi connectivity index (χ1) is 9.03. The Hall–Kier alpha value is -0.660. The second-order valence-electron chi connectivity index (χ2n) is 4.66. The monoisotopic (exact) mass is 348 g/mol. The maximum atomic E-state index is 12.3. The average Bonchev–Trinajstić information content (AvgIpc) is 2.89. The molecular weight excluding hydrogens is 332 g/mol. The van der Waals surface area contributed by atoms with E-state index in [1.807, 2.05) is 0 Å². The normalized spacial score (nSPS) is 16.7. The number of ether oxygens (including phenoxy) is 1. The topological polar surface area (TPSA) is 68.3 Å². The average molecular weight is 349 g/mol. The van der Waals surface area contributed by atoms with Crippen LogP contribution in [0.25, 0.3) is 0 Å². The van der Waals surface area contributed by atoms with Crippen LogP contribution in [0.5, 0.6) is 5.88 Å². The van der Waals surface area contributed by atoms with Crippen molar-refractivity contribution in [2.45, 2.75) is 30.6 Å². The largest absolute Gasteiger partial charge is 0.480 e. The van der Waals surface area contributed by atoms with Crippen LogP contribution >= 0.6 is 15.9 Å². The van der Waals surface area contributed by atoms with Gasteiger partial charge in [-0.2, -0.15) is 0 Å². The highest BCUT2D eigenvalue weighted by molar-refractivity contribution is 9.10. The fourth-order valence-corrected chi connectivity index (χ4v) is 4.02. The molecule has 0 radical (unpaired) electrons. The van der Waals surface area contributed by atoms with E-state index in [1.165, 1.54) is 32.2 Å².